The lowest BCUT2D eigenvalue weighted by molar-refractivity contribution is -0.282. The van der Waals surface area contributed by atoms with Crippen molar-refractivity contribution >= 4 is 16.4 Å². The van der Waals surface area contributed by atoms with Gasteiger partial charge in [0.1, 0.15) is 29.8 Å². The fourth-order valence-electron chi connectivity index (χ4n) is 7.56. The van der Waals surface area contributed by atoms with E-state index >= 15 is 0 Å². The Morgan fingerprint density at radius 3 is 2.24 bits per heavy atom. The van der Waals surface area contributed by atoms with E-state index in [2.05, 4.69) is 0 Å². The third kappa shape index (κ3) is 8.02. The van der Waals surface area contributed by atoms with E-state index in [1.165, 1.54) is 13.8 Å². The van der Waals surface area contributed by atoms with Crippen molar-refractivity contribution < 1.29 is 56.2 Å². The van der Waals surface area contributed by atoms with Crippen molar-refractivity contribution in [1.82, 2.24) is 9.80 Å². The average molecular weight is 669 g/mol. The van der Waals surface area contributed by atoms with Crippen LogP contribution in [0.25, 0.3) is 0 Å². The molecule has 3 rings (SSSR count). The summed E-state index contributed by atoms with van der Waals surface area (Å²) in [6.45, 7) is 14.1. The van der Waals surface area contributed by atoms with Gasteiger partial charge in [-0.25, -0.2) is 4.18 Å². The van der Waals surface area contributed by atoms with Crippen LogP contribution in [0, 0.1) is 17.8 Å². The summed E-state index contributed by atoms with van der Waals surface area (Å²) in [6, 6.07) is -1.03. The zero-order chi connectivity index (χ0) is 34.4. The lowest BCUT2D eigenvalue weighted by Gasteiger charge is -2.45. The Bertz CT molecular complexity index is 1140. The van der Waals surface area contributed by atoms with E-state index in [4.69, 9.17) is 23.1 Å². The molecule has 45 heavy (non-hydrogen) atoms. The van der Waals surface area contributed by atoms with Gasteiger partial charge in [0.15, 0.2) is 12.1 Å². The predicted octanol–water partition coefficient (Wildman–Crippen LogP) is 1.17. The third-order valence-corrected chi connectivity index (χ3v) is 10.7. The average Bonchev–Trinajstić information content (AvgIpc) is 3.10. The number of rotatable bonds is 6. The van der Waals surface area contributed by atoms with Crippen molar-refractivity contribution in [3.63, 3.8) is 0 Å². The number of fused-ring (bicyclic) bond motifs is 2. The van der Waals surface area contributed by atoms with E-state index < -0.39 is 88.0 Å². The smallest absolute Gasteiger partial charge is 0.397 e. The number of nitrogens with zero attached hydrogens (tertiary/aromatic N) is 2. The second kappa shape index (κ2) is 13.9. The van der Waals surface area contributed by atoms with Gasteiger partial charge in [0.2, 0.25) is 0 Å². The molecule has 15 heteroatoms. The monoisotopic (exact) mass is 668 g/mol. The number of aliphatic hydroxyl groups is 3. The lowest BCUT2D eigenvalue weighted by Crippen LogP contribution is -2.59. The Kier molecular flexibility index (Phi) is 11.9. The van der Waals surface area contributed by atoms with Gasteiger partial charge in [0, 0.05) is 24.5 Å². The Morgan fingerprint density at radius 1 is 1.11 bits per heavy atom. The molecule has 3 heterocycles. The first-order valence-electron chi connectivity index (χ1n) is 15.8. The maximum atomic E-state index is 13.6. The number of hydrogen-bond donors (Lipinski definition) is 4. The Labute approximate surface area is 268 Å². The number of hydrogen-bond acceptors (Lipinski definition) is 13. The van der Waals surface area contributed by atoms with Gasteiger partial charge < -0.3 is 44.1 Å². The van der Waals surface area contributed by atoms with Crippen LogP contribution in [-0.4, -0.2) is 138 Å². The highest BCUT2D eigenvalue weighted by molar-refractivity contribution is 7.80. The molecule has 4 N–H and O–H groups in total. The minimum atomic E-state index is -4.90. The van der Waals surface area contributed by atoms with E-state index in [9.17, 15) is 33.1 Å². The molecule has 14 nitrogen and oxygen atoms in total. The van der Waals surface area contributed by atoms with E-state index in [0.29, 0.717) is 19.4 Å². The number of likely N-dealkylation sites (N-methyl/N-ethyl adjacent to an activating group) is 2. The van der Waals surface area contributed by atoms with Gasteiger partial charge in [-0.15, -0.1) is 0 Å². The number of cyclic esters (lactones) is 1. The van der Waals surface area contributed by atoms with Gasteiger partial charge in [-0.3, -0.25) is 9.35 Å². The minimum absolute atomic E-state index is 0.113. The molecule has 0 aromatic carbocycles. The van der Waals surface area contributed by atoms with Crippen LogP contribution in [-0.2, 0) is 38.3 Å². The standard InChI is InChI=1S/C30H56N2O12S/c1-12-22-29(8,35)24(33)20(6)32(11)15-16(2)14-28(7)25(18(4)30(36,44-28)19(5)26(34)41-22)42-27-23(43-45(37,38)39)21(31(9)10)13-17(3)40-27/h16-25,27,33,35-36H,12-15H2,1-11H3,(H,37,38,39)/t16-,17-,18-,19+,20-,21+,22-,23-,24-,25-,27+,28+,29-,30+/m1/s1. The number of carbonyl (C=O) groups excluding carboxylic acids is 1. The molecule has 264 valence electrons. The van der Waals surface area contributed by atoms with Crippen LogP contribution in [0.4, 0.5) is 0 Å². The highest BCUT2D eigenvalue weighted by Gasteiger charge is 2.64. The first kappa shape index (κ1) is 38.5. The Hall–Kier alpha value is -0.980. The molecule has 3 aliphatic heterocycles. The summed E-state index contributed by atoms with van der Waals surface area (Å²) in [5.74, 6) is -5.19. The summed E-state index contributed by atoms with van der Waals surface area (Å²) in [5, 5.41) is 34.8. The highest BCUT2D eigenvalue weighted by atomic mass is 32.3. The van der Waals surface area contributed by atoms with Crippen molar-refractivity contribution in [2.75, 3.05) is 27.7 Å². The summed E-state index contributed by atoms with van der Waals surface area (Å²) in [7, 11) is 0.422. The van der Waals surface area contributed by atoms with Crippen LogP contribution in [0.5, 0.6) is 0 Å². The maximum Gasteiger partial charge on any atom is 0.397 e. The Morgan fingerprint density at radius 2 is 1.71 bits per heavy atom. The summed E-state index contributed by atoms with van der Waals surface area (Å²) < 4.78 is 63.5. The second-order valence-electron chi connectivity index (χ2n) is 14.3. The van der Waals surface area contributed by atoms with E-state index in [1.54, 1.807) is 46.7 Å². The van der Waals surface area contributed by atoms with Gasteiger partial charge in [0.25, 0.3) is 0 Å². The van der Waals surface area contributed by atoms with Gasteiger partial charge in [0.05, 0.1) is 17.8 Å². The zero-order valence-corrected chi connectivity index (χ0v) is 29.4. The number of aliphatic hydroxyl groups excluding tert-OH is 1. The SMILES string of the molecule is CC[C@H]1OC(=O)[C@H](C)[C@@]2(O)O[C@@](C)(C[C@@H](C)CN(C)[C@H](C)[C@@H](O)[C@]1(C)O)[C@H](O[C@@H]1O[C@H](C)C[C@H](N(C)C)[C@H]1OS(=O)(=O)O)[C@H]2C. The largest absolute Gasteiger partial charge is 0.459 e. The molecule has 0 radical (unpaired) electrons. The predicted molar refractivity (Wildman–Crippen MR) is 163 cm³/mol. The zero-order valence-electron chi connectivity index (χ0n) is 28.5. The van der Waals surface area contributed by atoms with Gasteiger partial charge in [-0.05, 0) is 80.9 Å². The van der Waals surface area contributed by atoms with Crippen molar-refractivity contribution in [3.8, 4) is 0 Å². The summed E-state index contributed by atoms with van der Waals surface area (Å²) in [5.41, 5.74) is -3.03. The van der Waals surface area contributed by atoms with Crippen LogP contribution in [0.2, 0.25) is 0 Å². The lowest BCUT2D eigenvalue weighted by atomic mass is 9.80. The fraction of sp³-hybridized carbons (Fsp3) is 0.967. The number of carbonyl (C=O) groups is 1. The molecule has 3 saturated heterocycles. The van der Waals surface area contributed by atoms with E-state index in [0.717, 1.165) is 0 Å². The van der Waals surface area contributed by atoms with Crippen molar-refractivity contribution in [2.45, 2.75) is 141 Å². The van der Waals surface area contributed by atoms with E-state index in [-0.39, 0.29) is 18.4 Å². The first-order chi connectivity index (χ1) is 20.5. The highest BCUT2D eigenvalue weighted by Crippen LogP contribution is 2.50. The molecule has 3 fully saturated rings. The van der Waals surface area contributed by atoms with Crippen LogP contribution < -0.4 is 0 Å². The summed E-state index contributed by atoms with van der Waals surface area (Å²) >= 11 is 0. The molecule has 14 atom stereocenters. The minimum Gasteiger partial charge on any atom is -0.459 e. The molecule has 0 spiro atoms. The quantitative estimate of drug-likeness (QED) is 0.234. The maximum absolute atomic E-state index is 13.6. The second-order valence-corrected chi connectivity index (χ2v) is 15.3. The molecular weight excluding hydrogens is 612 g/mol. The third-order valence-electron chi connectivity index (χ3n) is 10.2. The van der Waals surface area contributed by atoms with Gasteiger partial charge in [-0.1, -0.05) is 20.8 Å². The van der Waals surface area contributed by atoms with Crippen LogP contribution >= 0.6 is 0 Å². The van der Waals surface area contributed by atoms with Gasteiger partial charge >= 0.3 is 16.4 Å². The fourth-order valence-corrected chi connectivity index (χ4v) is 8.06. The summed E-state index contributed by atoms with van der Waals surface area (Å²) in [4.78, 5) is 17.3. The molecule has 0 unspecified atom stereocenters. The molecular formula is C30H56N2O12S. The molecule has 0 amide bonds. The normalized spacial score (nSPS) is 47.8. The van der Waals surface area contributed by atoms with Crippen molar-refractivity contribution in [1.29, 1.82) is 0 Å². The van der Waals surface area contributed by atoms with Crippen LogP contribution in [0.3, 0.4) is 0 Å². The molecule has 0 aromatic heterocycles. The molecule has 3 aliphatic rings. The molecule has 2 bridgehead atoms. The first-order valence-corrected chi connectivity index (χ1v) is 17.2. The van der Waals surface area contributed by atoms with Crippen molar-refractivity contribution in [2.24, 2.45) is 17.8 Å². The summed E-state index contributed by atoms with van der Waals surface area (Å²) in [6.07, 6.45) is -5.31. The topological polar surface area (TPSA) is 185 Å². The number of ether oxygens (including phenoxy) is 4. The van der Waals surface area contributed by atoms with Gasteiger partial charge in [-0.2, -0.15) is 8.42 Å². The van der Waals surface area contributed by atoms with E-state index in [1.807, 2.05) is 25.8 Å². The molecule has 0 saturated carbocycles. The van der Waals surface area contributed by atoms with Crippen molar-refractivity contribution in [3.05, 3.63) is 0 Å². The molecule has 0 aliphatic carbocycles. The number of esters is 1. The van der Waals surface area contributed by atoms with Crippen LogP contribution in [0.15, 0.2) is 0 Å². The molecule has 0 aromatic rings. The van der Waals surface area contributed by atoms with Crippen LogP contribution in [0.1, 0.15) is 74.7 Å². The Balaban J connectivity index is 2.09.